The molecule has 0 saturated carbocycles. The van der Waals surface area contributed by atoms with Gasteiger partial charge in [0.25, 0.3) is 0 Å². The fourth-order valence-corrected chi connectivity index (χ4v) is 3.38. The number of halogens is 1. The predicted molar refractivity (Wildman–Crippen MR) is 102 cm³/mol. The maximum atomic E-state index is 14.2. The number of aromatic nitrogens is 2. The van der Waals surface area contributed by atoms with E-state index in [1.165, 1.54) is 11.0 Å². The Morgan fingerprint density at radius 3 is 2.93 bits per heavy atom. The van der Waals surface area contributed by atoms with E-state index in [4.69, 9.17) is 9.26 Å². The minimum absolute atomic E-state index is 0.163. The van der Waals surface area contributed by atoms with Crippen LogP contribution < -0.4 is 9.64 Å². The summed E-state index contributed by atoms with van der Waals surface area (Å²) >= 11 is 0. The van der Waals surface area contributed by atoms with Crippen LogP contribution in [0, 0.1) is 12.7 Å². The number of anilines is 1. The summed E-state index contributed by atoms with van der Waals surface area (Å²) in [7, 11) is 0. The number of aryl methyl sites for hydroxylation is 1. The molecule has 6 nitrogen and oxygen atoms in total. The lowest BCUT2D eigenvalue weighted by Gasteiger charge is -2.17. The van der Waals surface area contributed by atoms with Crippen molar-refractivity contribution < 1.29 is 18.4 Å². The molecule has 1 fully saturated rings. The number of rotatable bonds is 5. The number of para-hydroxylation sites is 1. The van der Waals surface area contributed by atoms with Gasteiger partial charge in [-0.2, -0.15) is 4.98 Å². The molecule has 1 amide bonds. The van der Waals surface area contributed by atoms with Gasteiger partial charge in [0.1, 0.15) is 11.6 Å². The third-order valence-electron chi connectivity index (χ3n) is 4.74. The quantitative estimate of drug-likeness (QED) is 0.665. The van der Waals surface area contributed by atoms with Crippen LogP contribution in [-0.2, 0) is 4.79 Å². The van der Waals surface area contributed by atoms with Gasteiger partial charge in [-0.25, -0.2) is 4.39 Å². The van der Waals surface area contributed by atoms with Crippen LogP contribution in [0.2, 0.25) is 0 Å². The Hall–Kier alpha value is -3.22. The summed E-state index contributed by atoms with van der Waals surface area (Å²) in [5, 5.41) is 4.06. The Labute approximate surface area is 161 Å². The summed E-state index contributed by atoms with van der Waals surface area (Å²) in [6.45, 7) is 4.59. The molecule has 0 bridgehead atoms. The van der Waals surface area contributed by atoms with Crippen LogP contribution in [0.4, 0.5) is 10.1 Å². The molecule has 1 aliphatic rings. The van der Waals surface area contributed by atoms with Gasteiger partial charge in [0, 0.05) is 13.0 Å². The number of benzene rings is 2. The van der Waals surface area contributed by atoms with E-state index in [0.717, 1.165) is 11.1 Å². The van der Waals surface area contributed by atoms with Gasteiger partial charge < -0.3 is 14.2 Å². The van der Waals surface area contributed by atoms with Crippen LogP contribution in [0.25, 0.3) is 11.4 Å². The number of carbonyl (C=O) groups is 1. The van der Waals surface area contributed by atoms with Crippen molar-refractivity contribution in [1.82, 2.24) is 10.1 Å². The van der Waals surface area contributed by atoms with Gasteiger partial charge in [-0.3, -0.25) is 4.79 Å². The fourth-order valence-electron chi connectivity index (χ4n) is 3.38. The fraction of sp³-hybridized carbons (Fsp3) is 0.286. The number of carbonyl (C=O) groups excluding carboxylic acids is 1. The highest BCUT2D eigenvalue weighted by molar-refractivity contribution is 5.96. The van der Waals surface area contributed by atoms with Gasteiger partial charge in [-0.05, 0) is 43.7 Å². The molecule has 1 aromatic heterocycles. The van der Waals surface area contributed by atoms with Gasteiger partial charge in [0.2, 0.25) is 17.6 Å². The minimum atomic E-state index is -0.420. The van der Waals surface area contributed by atoms with E-state index in [0.29, 0.717) is 30.6 Å². The molecule has 0 aliphatic carbocycles. The van der Waals surface area contributed by atoms with Crippen molar-refractivity contribution in [3.63, 3.8) is 0 Å². The van der Waals surface area contributed by atoms with E-state index in [1.54, 1.807) is 12.1 Å². The summed E-state index contributed by atoms with van der Waals surface area (Å²) in [5.74, 6) is 0.577. The normalized spacial score (nSPS) is 16.6. The van der Waals surface area contributed by atoms with Gasteiger partial charge in [-0.1, -0.05) is 23.4 Å². The van der Waals surface area contributed by atoms with Crippen LogP contribution >= 0.6 is 0 Å². The van der Waals surface area contributed by atoms with E-state index in [9.17, 15) is 9.18 Å². The van der Waals surface area contributed by atoms with Crippen molar-refractivity contribution in [1.29, 1.82) is 0 Å². The lowest BCUT2D eigenvalue weighted by atomic mass is 10.1. The molecular weight excluding hydrogens is 361 g/mol. The van der Waals surface area contributed by atoms with E-state index in [-0.39, 0.29) is 23.9 Å². The zero-order chi connectivity index (χ0) is 19.7. The number of ether oxygens (including phenoxy) is 1. The molecule has 1 atom stereocenters. The largest absolute Gasteiger partial charge is 0.493 e. The first-order chi connectivity index (χ1) is 13.6. The van der Waals surface area contributed by atoms with Crippen LogP contribution in [0.5, 0.6) is 5.75 Å². The molecule has 1 aliphatic heterocycles. The molecule has 0 radical (unpaired) electrons. The number of hydrogen-bond donors (Lipinski definition) is 0. The van der Waals surface area contributed by atoms with E-state index >= 15 is 0 Å². The summed E-state index contributed by atoms with van der Waals surface area (Å²) in [4.78, 5) is 18.4. The van der Waals surface area contributed by atoms with Crippen molar-refractivity contribution in [2.75, 3.05) is 18.1 Å². The summed E-state index contributed by atoms with van der Waals surface area (Å²) in [5.41, 5.74) is 1.90. The highest BCUT2D eigenvalue weighted by Gasteiger charge is 2.36. The lowest BCUT2D eigenvalue weighted by molar-refractivity contribution is -0.117. The third kappa shape index (κ3) is 3.35. The van der Waals surface area contributed by atoms with Crippen LogP contribution in [0.1, 0.15) is 30.7 Å². The standard InChI is InChI=1S/C21H20FN3O3/c1-3-27-18-7-5-4-6-15(18)20-23-21(28-24-20)14-11-19(26)25(12-14)17-10-13(2)8-9-16(17)22/h4-10,14H,3,11-12H2,1-2H3. The second kappa shape index (κ2) is 7.42. The Balaban J connectivity index is 1.59. The van der Waals surface area contributed by atoms with Crippen LogP contribution in [-0.4, -0.2) is 29.2 Å². The molecule has 2 heterocycles. The number of amides is 1. The number of nitrogens with zero attached hydrogens (tertiary/aromatic N) is 3. The molecule has 2 aromatic carbocycles. The highest BCUT2D eigenvalue weighted by atomic mass is 19.1. The van der Waals surface area contributed by atoms with Crippen molar-refractivity contribution >= 4 is 11.6 Å². The van der Waals surface area contributed by atoms with Gasteiger partial charge in [0.15, 0.2) is 0 Å². The Morgan fingerprint density at radius 1 is 1.29 bits per heavy atom. The van der Waals surface area contributed by atoms with Gasteiger partial charge in [0.05, 0.1) is 23.8 Å². The van der Waals surface area contributed by atoms with E-state index < -0.39 is 5.82 Å². The van der Waals surface area contributed by atoms with Crippen LogP contribution in [0.3, 0.4) is 0 Å². The third-order valence-corrected chi connectivity index (χ3v) is 4.74. The second-order valence-electron chi connectivity index (χ2n) is 6.75. The van der Waals surface area contributed by atoms with Crippen molar-refractivity contribution in [3.8, 4) is 17.1 Å². The van der Waals surface area contributed by atoms with E-state index in [2.05, 4.69) is 10.1 Å². The molecule has 3 aromatic rings. The molecule has 1 unspecified atom stereocenters. The van der Waals surface area contributed by atoms with Gasteiger partial charge in [-0.15, -0.1) is 0 Å². The van der Waals surface area contributed by atoms with Crippen molar-refractivity contribution in [2.45, 2.75) is 26.2 Å². The lowest BCUT2D eigenvalue weighted by Crippen LogP contribution is -2.25. The Morgan fingerprint density at radius 2 is 2.11 bits per heavy atom. The minimum Gasteiger partial charge on any atom is -0.493 e. The monoisotopic (exact) mass is 381 g/mol. The molecule has 0 N–H and O–H groups in total. The molecule has 28 heavy (non-hydrogen) atoms. The predicted octanol–water partition coefficient (Wildman–Crippen LogP) is 4.10. The first-order valence-corrected chi connectivity index (χ1v) is 9.19. The Kier molecular flexibility index (Phi) is 4.81. The van der Waals surface area contributed by atoms with Crippen molar-refractivity contribution in [2.24, 2.45) is 0 Å². The van der Waals surface area contributed by atoms with Crippen LogP contribution in [0.15, 0.2) is 47.0 Å². The molecule has 4 rings (SSSR count). The molecule has 1 saturated heterocycles. The topological polar surface area (TPSA) is 68.5 Å². The average molecular weight is 381 g/mol. The smallest absolute Gasteiger partial charge is 0.232 e. The second-order valence-corrected chi connectivity index (χ2v) is 6.75. The zero-order valence-electron chi connectivity index (χ0n) is 15.7. The molecule has 144 valence electrons. The average Bonchev–Trinajstić information content (AvgIpc) is 3.31. The summed E-state index contributed by atoms with van der Waals surface area (Å²) in [6, 6.07) is 12.2. The summed E-state index contributed by atoms with van der Waals surface area (Å²) < 4.78 is 25.3. The molecule has 0 spiro atoms. The van der Waals surface area contributed by atoms with E-state index in [1.807, 2.05) is 38.1 Å². The maximum absolute atomic E-state index is 14.2. The maximum Gasteiger partial charge on any atom is 0.232 e. The first kappa shape index (κ1) is 18.2. The molecule has 7 heteroatoms. The summed E-state index contributed by atoms with van der Waals surface area (Å²) in [6.07, 6.45) is 0.197. The highest BCUT2D eigenvalue weighted by Crippen LogP contribution is 2.34. The first-order valence-electron chi connectivity index (χ1n) is 9.19. The SMILES string of the molecule is CCOc1ccccc1-c1noc(C2CC(=O)N(c3cc(C)ccc3F)C2)n1. The van der Waals surface area contributed by atoms with Crippen molar-refractivity contribution in [3.05, 3.63) is 59.7 Å². The zero-order valence-corrected chi connectivity index (χ0v) is 15.7. The number of hydrogen-bond acceptors (Lipinski definition) is 5. The Bertz CT molecular complexity index is 1020. The molecular formula is C21H20FN3O3. The van der Waals surface area contributed by atoms with Gasteiger partial charge >= 0.3 is 0 Å².